The number of carbonyl (C=O) groups is 2. The lowest BCUT2D eigenvalue weighted by Gasteiger charge is -2.36. The molecule has 1 saturated heterocycles. The quantitative estimate of drug-likeness (QED) is 0.792. The summed E-state index contributed by atoms with van der Waals surface area (Å²) >= 11 is 0. The molecule has 0 saturated carbocycles. The third-order valence-corrected chi connectivity index (χ3v) is 4.94. The minimum Gasteiger partial charge on any atom is -0.497 e. The van der Waals surface area contributed by atoms with Gasteiger partial charge in [0.1, 0.15) is 11.6 Å². The minimum atomic E-state index is -1.36. The van der Waals surface area contributed by atoms with Gasteiger partial charge >= 0.3 is 5.97 Å². The summed E-state index contributed by atoms with van der Waals surface area (Å²) in [5, 5.41) is 9.58. The van der Waals surface area contributed by atoms with Gasteiger partial charge in [-0.25, -0.2) is 13.2 Å². The Morgan fingerprint density at radius 3 is 2.39 bits per heavy atom. The van der Waals surface area contributed by atoms with E-state index in [0.29, 0.717) is 17.9 Å². The zero-order valence-corrected chi connectivity index (χ0v) is 15.0. The van der Waals surface area contributed by atoms with Crippen molar-refractivity contribution in [1.29, 1.82) is 0 Å². The second kappa shape index (κ2) is 7.92. The summed E-state index contributed by atoms with van der Waals surface area (Å²) in [4.78, 5) is 25.7. The van der Waals surface area contributed by atoms with Gasteiger partial charge < -0.3 is 14.7 Å². The molecule has 2 aromatic rings. The van der Waals surface area contributed by atoms with Crippen LogP contribution in [0.15, 0.2) is 36.4 Å². The molecular formula is C20H18F3NO4. The number of carboxylic acids is 1. The number of amides is 1. The number of hydrogen-bond donors (Lipinski definition) is 1. The van der Waals surface area contributed by atoms with Crippen LogP contribution in [-0.2, 0) is 16.1 Å². The summed E-state index contributed by atoms with van der Waals surface area (Å²) in [7, 11) is 1.53. The molecule has 1 amide bonds. The fraction of sp³-hybridized carbons (Fsp3) is 0.300. The van der Waals surface area contributed by atoms with Crippen LogP contribution in [0.25, 0.3) is 0 Å². The van der Waals surface area contributed by atoms with Crippen molar-refractivity contribution in [2.45, 2.75) is 18.9 Å². The third kappa shape index (κ3) is 3.95. The van der Waals surface area contributed by atoms with Crippen LogP contribution < -0.4 is 4.74 Å². The zero-order chi connectivity index (χ0) is 20.4. The van der Waals surface area contributed by atoms with E-state index in [4.69, 9.17) is 4.74 Å². The Morgan fingerprint density at radius 1 is 1.14 bits per heavy atom. The van der Waals surface area contributed by atoms with Crippen molar-refractivity contribution in [2.24, 2.45) is 5.92 Å². The average Bonchev–Trinajstić information content (AvgIpc) is 2.66. The Balaban J connectivity index is 1.84. The SMILES string of the molecule is COc1ccc(CN2CC(C(=O)O)C(c3cc(F)c(F)cc3F)CC2=O)cc1. The Morgan fingerprint density at radius 2 is 1.79 bits per heavy atom. The molecular weight excluding hydrogens is 375 g/mol. The molecule has 0 spiro atoms. The number of benzene rings is 2. The first-order chi connectivity index (χ1) is 13.3. The molecule has 1 heterocycles. The number of aliphatic carboxylic acids is 1. The van der Waals surface area contributed by atoms with Gasteiger partial charge in [-0.1, -0.05) is 12.1 Å². The summed E-state index contributed by atoms with van der Waals surface area (Å²) in [5.74, 6) is -6.91. The van der Waals surface area contributed by atoms with Crippen molar-refractivity contribution < 1.29 is 32.6 Å². The van der Waals surface area contributed by atoms with E-state index in [-0.39, 0.29) is 31.0 Å². The average molecular weight is 393 g/mol. The molecule has 28 heavy (non-hydrogen) atoms. The fourth-order valence-electron chi connectivity index (χ4n) is 3.43. The third-order valence-electron chi connectivity index (χ3n) is 4.94. The van der Waals surface area contributed by atoms with E-state index in [1.807, 2.05) is 0 Å². The molecule has 5 nitrogen and oxygen atoms in total. The van der Waals surface area contributed by atoms with Crippen LogP contribution in [-0.4, -0.2) is 35.5 Å². The number of ether oxygens (including phenoxy) is 1. The van der Waals surface area contributed by atoms with Crippen LogP contribution >= 0.6 is 0 Å². The van der Waals surface area contributed by atoms with Crippen LogP contribution in [0.5, 0.6) is 5.75 Å². The van der Waals surface area contributed by atoms with Crippen molar-refractivity contribution in [3.05, 3.63) is 65.0 Å². The summed E-state index contributed by atoms with van der Waals surface area (Å²) in [5.41, 5.74) is 0.472. The van der Waals surface area contributed by atoms with Crippen LogP contribution in [0.3, 0.4) is 0 Å². The van der Waals surface area contributed by atoms with E-state index < -0.39 is 35.3 Å². The molecule has 1 fully saturated rings. The largest absolute Gasteiger partial charge is 0.497 e. The number of hydrogen-bond acceptors (Lipinski definition) is 3. The second-order valence-corrected chi connectivity index (χ2v) is 6.67. The van der Waals surface area contributed by atoms with Crippen LogP contribution in [0.2, 0.25) is 0 Å². The zero-order valence-electron chi connectivity index (χ0n) is 15.0. The first kappa shape index (κ1) is 19.7. The molecule has 148 valence electrons. The van der Waals surface area contributed by atoms with E-state index in [2.05, 4.69) is 0 Å². The van der Waals surface area contributed by atoms with E-state index in [9.17, 15) is 27.9 Å². The van der Waals surface area contributed by atoms with Gasteiger partial charge in [0.15, 0.2) is 11.6 Å². The number of rotatable bonds is 5. The molecule has 1 aliphatic rings. The van der Waals surface area contributed by atoms with Crippen LogP contribution in [0, 0.1) is 23.4 Å². The van der Waals surface area contributed by atoms with Gasteiger partial charge in [0.25, 0.3) is 0 Å². The van der Waals surface area contributed by atoms with E-state index in [1.165, 1.54) is 12.0 Å². The van der Waals surface area contributed by atoms with Crippen molar-refractivity contribution in [3.8, 4) is 5.75 Å². The molecule has 0 radical (unpaired) electrons. The van der Waals surface area contributed by atoms with Gasteiger partial charge in [-0.15, -0.1) is 0 Å². The van der Waals surface area contributed by atoms with E-state index in [1.54, 1.807) is 24.3 Å². The minimum absolute atomic E-state index is 0.163. The molecule has 0 bridgehead atoms. The van der Waals surface area contributed by atoms with Gasteiger partial charge in [0, 0.05) is 31.5 Å². The number of halogens is 3. The number of carbonyl (C=O) groups excluding carboxylic acids is 1. The Kier molecular flexibility index (Phi) is 5.58. The Bertz CT molecular complexity index is 901. The molecule has 0 aromatic heterocycles. The topological polar surface area (TPSA) is 66.8 Å². The lowest BCUT2D eigenvalue weighted by atomic mass is 9.79. The van der Waals surface area contributed by atoms with Crippen molar-refractivity contribution in [2.75, 3.05) is 13.7 Å². The molecule has 3 rings (SSSR count). The normalized spacial score (nSPS) is 19.6. The molecule has 2 atom stereocenters. The Labute approximate surface area is 159 Å². The molecule has 1 N–H and O–H groups in total. The maximum atomic E-state index is 14.2. The van der Waals surface area contributed by atoms with Gasteiger partial charge in [-0.3, -0.25) is 9.59 Å². The lowest BCUT2D eigenvalue weighted by Crippen LogP contribution is -2.46. The molecule has 8 heteroatoms. The monoisotopic (exact) mass is 393 g/mol. The number of likely N-dealkylation sites (tertiary alicyclic amines) is 1. The number of nitrogens with zero attached hydrogens (tertiary/aromatic N) is 1. The van der Waals surface area contributed by atoms with Crippen LogP contribution in [0.4, 0.5) is 13.2 Å². The smallest absolute Gasteiger partial charge is 0.308 e. The number of piperidine rings is 1. The standard InChI is InChI=1S/C20H18F3NO4/c1-28-12-4-2-11(3-5-12)9-24-10-15(20(26)27)13(7-19(24)25)14-6-17(22)18(23)8-16(14)21/h2-6,8,13,15H,7,9-10H2,1H3,(H,26,27). The van der Waals surface area contributed by atoms with Crippen molar-refractivity contribution >= 4 is 11.9 Å². The lowest BCUT2D eigenvalue weighted by molar-refractivity contribution is -0.149. The predicted octanol–water partition coefficient (Wildman–Crippen LogP) is 3.33. The van der Waals surface area contributed by atoms with E-state index in [0.717, 1.165) is 5.56 Å². The molecule has 2 unspecified atom stereocenters. The molecule has 2 aromatic carbocycles. The second-order valence-electron chi connectivity index (χ2n) is 6.67. The fourth-order valence-corrected chi connectivity index (χ4v) is 3.43. The summed E-state index contributed by atoms with van der Waals surface area (Å²) in [6.45, 7) is 0.0168. The Hall–Kier alpha value is -3.03. The molecule has 0 aliphatic carbocycles. The molecule has 1 aliphatic heterocycles. The highest BCUT2D eigenvalue weighted by molar-refractivity contribution is 5.82. The van der Waals surface area contributed by atoms with Crippen molar-refractivity contribution in [3.63, 3.8) is 0 Å². The maximum absolute atomic E-state index is 14.2. The van der Waals surface area contributed by atoms with Gasteiger partial charge in [-0.2, -0.15) is 0 Å². The van der Waals surface area contributed by atoms with Crippen molar-refractivity contribution in [1.82, 2.24) is 4.90 Å². The summed E-state index contributed by atoms with van der Waals surface area (Å²) in [6, 6.07) is 7.96. The van der Waals surface area contributed by atoms with Crippen LogP contribution in [0.1, 0.15) is 23.5 Å². The van der Waals surface area contributed by atoms with Gasteiger partial charge in [0.2, 0.25) is 5.91 Å². The van der Waals surface area contributed by atoms with Gasteiger partial charge in [-0.05, 0) is 29.3 Å². The van der Waals surface area contributed by atoms with Gasteiger partial charge in [0.05, 0.1) is 13.0 Å². The van der Waals surface area contributed by atoms with E-state index >= 15 is 0 Å². The summed E-state index contributed by atoms with van der Waals surface area (Å²) in [6.07, 6.45) is -0.310. The maximum Gasteiger partial charge on any atom is 0.308 e. The first-order valence-corrected chi connectivity index (χ1v) is 8.58. The highest BCUT2D eigenvalue weighted by atomic mass is 19.2. The predicted molar refractivity (Wildman–Crippen MR) is 93.2 cm³/mol. The highest BCUT2D eigenvalue weighted by Crippen LogP contribution is 2.36. The highest BCUT2D eigenvalue weighted by Gasteiger charge is 2.40. The first-order valence-electron chi connectivity index (χ1n) is 8.58. The number of methoxy groups -OCH3 is 1. The summed E-state index contributed by atoms with van der Waals surface area (Å²) < 4.78 is 46.0. The number of carboxylic acid groups (broad SMARTS) is 1.